The Hall–Kier alpha value is -1.73. The second kappa shape index (κ2) is 6.27. The van der Waals surface area contributed by atoms with Crippen LogP contribution in [0.2, 0.25) is 0 Å². The summed E-state index contributed by atoms with van der Waals surface area (Å²) in [6, 6.07) is 7.57. The van der Waals surface area contributed by atoms with Crippen LogP contribution in [0, 0.1) is 11.3 Å². The second-order valence-corrected chi connectivity index (χ2v) is 4.74. The van der Waals surface area contributed by atoms with Gasteiger partial charge in [0.1, 0.15) is 6.07 Å². The van der Waals surface area contributed by atoms with Gasteiger partial charge in [0.25, 0.3) is 0 Å². The van der Waals surface area contributed by atoms with Crippen molar-refractivity contribution in [1.29, 1.82) is 5.26 Å². The van der Waals surface area contributed by atoms with E-state index in [1.807, 2.05) is 12.1 Å². The molecule has 1 aromatic carbocycles. The third-order valence-electron chi connectivity index (χ3n) is 3.38. The highest BCUT2D eigenvalue weighted by molar-refractivity contribution is 5.62. The number of nitrogens with one attached hydrogen (secondary N) is 1. The zero-order valence-corrected chi connectivity index (χ0v) is 10.7. The molecule has 2 rings (SSSR count). The van der Waals surface area contributed by atoms with Crippen molar-refractivity contribution in [2.24, 2.45) is 0 Å². The van der Waals surface area contributed by atoms with E-state index in [0.29, 0.717) is 11.3 Å². The van der Waals surface area contributed by atoms with Crippen LogP contribution in [-0.4, -0.2) is 31.1 Å². The standard InChI is InChI=1S/C14H20N4/c15-11-12-4-5-13(10-14(12)16)17-6-9-18-7-2-1-3-8-18/h4-5,10,17H,1-3,6-9,16H2. The number of nitrogen functional groups attached to an aromatic ring is 1. The summed E-state index contributed by atoms with van der Waals surface area (Å²) in [6.07, 6.45) is 4.02. The molecule has 0 atom stereocenters. The van der Waals surface area contributed by atoms with E-state index >= 15 is 0 Å². The Kier molecular flexibility index (Phi) is 4.43. The first kappa shape index (κ1) is 12.7. The molecule has 1 aliphatic rings. The van der Waals surface area contributed by atoms with Gasteiger partial charge in [-0.25, -0.2) is 0 Å². The lowest BCUT2D eigenvalue weighted by atomic mass is 10.1. The molecule has 1 saturated heterocycles. The van der Waals surface area contributed by atoms with E-state index in [-0.39, 0.29) is 0 Å². The van der Waals surface area contributed by atoms with Gasteiger partial charge in [-0.1, -0.05) is 6.42 Å². The number of anilines is 2. The Morgan fingerprint density at radius 2 is 2.06 bits per heavy atom. The molecule has 1 fully saturated rings. The number of hydrogen-bond donors (Lipinski definition) is 2. The molecule has 96 valence electrons. The lowest BCUT2D eigenvalue weighted by Gasteiger charge is -2.26. The van der Waals surface area contributed by atoms with Gasteiger partial charge in [-0.15, -0.1) is 0 Å². The Bertz CT molecular complexity index is 430. The third kappa shape index (κ3) is 3.38. The molecule has 1 aromatic rings. The molecule has 4 heteroatoms. The highest BCUT2D eigenvalue weighted by Gasteiger charge is 2.08. The minimum absolute atomic E-state index is 0.539. The van der Waals surface area contributed by atoms with Gasteiger partial charge in [0.15, 0.2) is 0 Å². The van der Waals surface area contributed by atoms with E-state index in [9.17, 15) is 0 Å². The molecule has 0 aliphatic carbocycles. The SMILES string of the molecule is N#Cc1ccc(NCCN2CCCCC2)cc1N. The normalized spacial score (nSPS) is 16.2. The molecule has 0 bridgehead atoms. The van der Waals surface area contributed by atoms with E-state index in [4.69, 9.17) is 11.0 Å². The molecule has 1 aliphatic heterocycles. The quantitative estimate of drug-likeness (QED) is 0.795. The molecule has 0 radical (unpaired) electrons. The smallest absolute Gasteiger partial charge is 0.101 e. The first-order chi connectivity index (χ1) is 8.79. The molecule has 18 heavy (non-hydrogen) atoms. The summed E-state index contributed by atoms with van der Waals surface area (Å²) in [5.41, 5.74) is 7.84. The molecule has 0 aromatic heterocycles. The van der Waals surface area contributed by atoms with Gasteiger partial charge in [-0.05, 0) is 44.1 Å². The zero-order chi connectivity index (χ0) is 12.8. The number of nitrogens with zero attached hydrogens (tertiary/aromatic N) is 2. The molecule has 3 N–H and O–H groups in total. The van der Waals surface area contributed by atoms with Gasteiger partial charge in [0, 0.05) is 18.8 Å². The zero-order valence-electron chi connectivity index (χ0n) is 10.7. The van der Waals surface area contributed by atoms with Crippen molar-refractivity contribution >= 4 is 11.4 Å². The van der Waals surface area contributed by atoms with Gasteiger partial charge < -0.3 is 16.0 Å². The first-order valence-electron chi connectivity index (χ1n) is 6.55. The fourth-order valence-electron chi connectivity index (χ4n) is 2.32. The van der Waals surface area contributed by atoms with Crippen LogP contribution >= 0.6 is 0 Å². The minimum Gasteiger partial charge on any atom is -0.398 e. The van der Waals surface area contributed by atoms with Crippen LogP contribution in [0.1, 0.15) is 24.8 Å². The third-order valence-corrected chi connectivity index (χ3v) is 3.38. The summed E-state index contributed by atoms with van der Waals surface area (Å²) >= 11 is 0. The van der Waals surface area contributed by atoms with E-state index in [0.717, 1.165) is 18.8 Å². The molecular formula is C14H20N4. The predicted molar refractivity (Wildman–Crippen MR) is 74.4 cm³/mol. The van der Waals surface area contributed by atoms with Crippen molar-refractivity contribution in [1.82, 2.24) is 4.90 Å². The number of rotatable bonds is 4. The molecule has 0 spiro atoms. The minimum atomic E-state index is 0.539. The average Bonchev–Trinajstić information content (AvgIpc) is 2.40. The van der Waals surface area contributed by atoms with Gasteiger partial charge in [0.05, 0.1) is 11.3 Å². The lowest BCUT2D eigenvalue weighted by molar-refractivity contribution is 0.237. The number of hydrogen-bond acceptors (Lipinski definition) is 4. The summed E-state index contributed by atoms with van der Waals surface area (Å²) in [5, 5.41) is 12.2. The fraction of sp³-hybridized carbons (Fsp3) is 0.500. The Labute approximate surface area is 108 Å². The largest absolute Gasteiger partial charge is 0.398 e. The summed E-state index contributed by atoms with van der Waals surface area (Å²) in [6.45, 7) is 4.43. The predicted octanol–water partition coefficient (Wildman–Crippen LogP) is 2.04. The lowest BCUT2D eigenvalue weighted by Crippen LogP contribution is -2.33. The summed E-state index contributed by atoms with van der Waals surface area (Å²) in [7, 11) is 0. The highest BCUT2D eigenvalue weighted by atomic mass is 15.1. The van der Waals surface area contributed by atoms with E-state index in [1.54, 1.807) is 6.07 Å². The van der Waals surface area contributed by atoms with Crippen LogP contribution in [0.3, 0.4) is 0 Å². The molecule has 0 amide bonds. The van der Waals surface area contributed by atoms with Gasteiger partial charge in [-0.2, -0.15) is 5.26 Å². The number of likely N-dealkylation sites (tertiary alicyclic amines) is 1. The molecule has 0 saturated carbocycles. The van der Waals surface area contributed by atoms with Crippen molar-refractivity contribution in [3.05, 3.63) is 23.8 Å². The Balaban J connectivity index is 1.79. The van der Waals surface area contributed by atoms with Crippen LogP contribution in [0.25, 0.3) is 0 Å². The number of benzene rings is 1. The topological polar surface area (TPSA) is 65.1 Å². The van der Waals surface area contributed by atoms with Crippen molar-refractivity contribution in [3.63, 3.8) is 0 Å². The second-order valence-electron chi connectivity index (χ2n) is 4.74. The molecular weight excluding hydrogens is 224 g/mol. The van der Waals surface area contributed by atoms with E-state index in [2.05, 4.69) is 16.3 Å². The fourth-order valence-corrected chi connectivity index (χ4v) is 2.32. The van der Waals surface area contributed by atoms with Crippen LogP contribution in [-0.2, 0) is 0 Å². The number of piperidine rings is 1. The molecule has 1 heterocycles. The maximum Gasteiger partial charge on any atom is 0.101 e. The van der Waals surface area contributed by atoms with Crippen molar-refractivity contribution in [2.75, 3.05) is 37.2 Å². The van der Waals surface area contributed by atoms with Gasteiger partial charge in [0.2, 0.25) is 0 Å². The number of nitriles is 1. The summed E-state index contributed by atoms with van der Waals surface area (Å²) < 4.78 is 0. The van der Waals surface area contributed by atoms with Crippen LogP contribution < -0.4 is 11.1 Å². The Morgan fingerprint density at radius 3 is 2.72 bits per heavy atom. The number of nitrogens with two attached hydrogens (primary N) is 1. The maximum absolute atomic E-state index is 8.80. The summed E-state index contributed by atoms with van der Waals surface area (Å²) in [4.78, 5) is 2.49. The van der Waals surface area contributed by atoms with Gasteiger partial charge >= 0.3 is 0 Å². The average molecular weight is 244 g/mol. The monoisotopic (exact) mass is 244 g/mol. The van der Waals surface area contributed by atoms with Crippen molar-refractivity contribution in [2.45, 2.75) is 19.3 Å². The summed E-state index contributed by atoms with van der Waals surface area (Å²) in [5.74, 6) is 0. The maximum atomic E-state index is 8.80. The van der Waals surface area contributed by atoms with Crippen LogP contribution in [0.15, 0.2) is 18.2 Å². The highest BCUT2D eigenvalue weighted by Crippen LogP contribution is 2.17. The Morgan fingerprint density at radius 1 is 1.28 bits per heavy atom. The molecule has 4 nitrogen and oxygen atoms in total. The van der Waals surface area contributed by atoms with E-state index in [1.165, 1.54) is 32.4 Å². The van der Waals surface area contributed by atoms with Crippen LogP contribution in [0.5, 0.6) is 0 Å². The van der Waals surface area contributed by atoms with Crippen molar-refractivity contribution in [3.8, 4) is 6.07 Å². The molecule has 0 unspecified atom stereocenters. The van der Waals surface area contributed by atoms with E-state index < -0.39 is 0 Å². The van der Waals surface area contributed by atoms with Crippen LogP contribution in [0.4, 0.5) is 11.4 Å². The van der Waals surface area contributed by atoms with Gasteiger partial charge in [-0.3, -0.25) is 0 Å². The first-order valence-corrected chi connectivity index (χ1v) is 6.55. The van der Waals surface area contributed by atoms with Crippen molar-refractivity contribution < 1.29 is 0 Å².